The first-order valence-electron chi connectivity index (χ1n) is 4.55. The minimum Gasteiger partial charge on any atom is -0.481 e. The molecular weight excluding hydrogens is 244 g/mol. The molecular formula is C10H15BrN2O. The molecule has 0 saturated carbocycles. The van der Waals surface area contributed by atoms with Crippen LogP contribution in [0, 0.1) is 0 Å². The minimum absolute atomic E-state index is 0.457. The lowest BCUT2D eigenvalue weighted by atomic mass is 10.2. The van der Waals surface area contributed by atoms with E-state index in [1.54, 1.807) is 13.3 Å². The zero-order valence-electron chi connectivity index (χ0n) is 8.67. The number of nitrogens with one attached hydrogen (secondary N) is 1. The minimum atomic E-state index is 0.457. The average Bonchev–Trinajstić information content (AvgIpc) is 2.15. The molecule has 0 aliphatic rings. The van der Waals surface area contributed by atoms with Gasteiger partial charge in [0, 0.05) is 28.8 Å². The van der Waals surface area contributed by atoms with Crippen LogP contribution in [0.2, 0.25) is 0 Å². The molecule has 0 aliphatic carbocycles. The highest BCUT2D eigenvalue weighted by Crippen LogP contribution is 2.19. The van der Waals surface area contributed by atoms with Crippen molar-refractivity contribution in [3.63, 3.8) is 0 Å². The summed E-state index contributed by atoms with van der Waals surface area (Å²) in [5.74, 6) is 0.682. The van der Waals surface area contributed by atoms with Crippen molar-refractivity contribution in [2.24, 2.45) is 0 Å². The van der Waals surface area contributed by atoms with Gasteiger partial charge in [-0.2, -0.15) is 0 Å². The van der Waals surface area contributed by atoms with Gasteiger partial charge in [-0.05, 0) is 22.0 Å². The zero-order chi connectivity index (χ0) is 10.6. The van der Waals surface area contributed by atoms with Gasteiger partial charge in [0.05, 0.1) is 7.11 Å². The molecule has 0 atom stereocenters. The Labute approximate surface area is 93.0 Å². The number of pyridine rings is 1. The van der Waals surface area contributed by atoms with E-state index in [4.69, 9.17) is 4.74 Å². The van der Waals surface area contributed by atoms with Crippen LogP contribution in [0.3, 0.4) is 0 Å². The maximum Gasteiger partial charge on any atom is 0.217 e. The van der Waals surface area contributed by atoms with Gasteiger partial charge in [-0.1, -0.05) is 13.8 Å². The van der Waals surface area contributed by atoms with Gasteiger partial charge in [-0.25, -0.2) is 4.98 Å². The molecule has 1 rings (SSSR count). The van der Waals surface area contributed by atoms with Crippen LogP contribution in [0.4, 0.5) is 0 Å². The fourth-order valence-corrected chi connectivity index (χ4v) is 1.47. The van der Waals surface area contributed by atoms with E-state index in [1.807, 2.05) is 6.07 Å². The van der Waals surface area contributed by atoms with Crippen LogP contribution < -0.4 is 10.1 Å². The second-order valence-corrected chi connectivity index (χ2v) is 4.27. The van der Waals surface area contributed by atoms with Gasteiger partial charge in [-0.15, -0.1) is 0 Å². The molecule has 0 unspecified atom stereocenters. The Morgan fingerprint density at radius 2 is 2.29 bits per heavy atom. The number of ether oxygens (including phenoxy) is 1. The topological polar surface area (TPSA) is 34.1 Å². The van der Waals surface area contributed by atoms with E-state index < -0.39 is 0 Å². The standard InChI is InChI=1S/C10H15BrN2O/c1-7(2)12-5-8-4-9(11)6-13-10(8)14-3/h4,6-7,12H,5H2,1-3H3. The Hall–Kier alpha value is -0.610. The lowest BCUT2D eigenvalue weighted by Gasteiger charge is -2.11. The van der Waals surface area contributed by atoms with Gasteiger partial charge in [0.2, 0.25) is 5.88 Å². The average molecular weight is 259 g/mol. The molecule has 3 nitrogen and oxygen atoms in total. The van der Waals surface area contributed by atoms with Crippen molar-refractivity contribution in [2.75, 3.05) is 7.11 Å². The normalized spacial score (nSPS) is 10.6. The molecule has 0 spiro atoms. The van der Waals surface area contributed by atoms with Gasteiger partial charge >= 0.3 is 0 Å². The van der Waals surface area contributed by atoms with E-state index >= 15 is 0 Å². The molecule has 0 aliphatic heterocycles. The number of nitrogens with zero attached hydrogens (tertiary/aromatic N) is 1. The fourth-order valence-electron chi connectivity index (χ4n) is 1.09. The van der Waals surface area contributed by atoms with Crippen molar-refractivity contribution in [2.45, 2.75) is 26.4 Å². The summed E-state index contributed by atoms with van der Waals surface area (Å²) in [5, 5.41) is 3.32. The van der Waals surface area contributed by atoms with E-state index in [0.29, 0.717) is 11.9 Å². The van der Waals surface area contributed by atoms with Crippen LogP contribution in [0.1, 0.15) is 19.4 Å². The summed E-state index contributed by atoms with van der Waals surface area (Å²) >= 11 is 3.39. The van der Waals surface area contributed by atoms with Crippen molar-refractivity contribution >= 4 is 15.9 Å². The summed E-state index contributed by atoms with van der Waals surface area (Å²) in [6.07, 6.45) is 1.73. The van der Waals surface area contributed by atoms with Crippen molar-refractivity contribution in [3.8, 4) is 5.88 Å². The molecule has 1 N–H and O–H groups in total. The molecule has 4 heteroatoms. The Bertz CT molecular complexity index is 302. The largest absolute Gasteiger partial charge is 0.481 e. The van der Waals surface area contributed by atoms with Gasteiger partial charge in [-0.3, -0.25) is 0 Å². The molecule has 1 aromatic heterocycles. The van der Waals surface area contributed by atoms with Crippen molar-refractivity contribution < 1.29 is 4.74 Å². The highest BCUT2D eigenvalue weighted by Gasteiger charge is 2.05. The van der Waals surface area contributed by atoms with Crippen molar-refractivity contribution in [1.82, 2.24) is 10.3 Å². The molecule has 0 radical (unpaired) electrons. The van der Waals surface area contributed by atoms with E-state index in [0.717, 1.165) is 16.6 Å². The van der Waals surface area contributed by atoms with E-state index in [2.05, 4.69) is 40.1 Å². The SMILES string of the molecule is COc1ncc(Br)cc1CNC(C)C. The Morgan fingerprint density at radius 1 is 1.57 bits per heavy atom. The van der Waals surface area contributed by atoms with Crippen molar-refractivity contribution in [1.29, 1.82) is 0 Å². The molecule has 0 aromatic carbocycles. The predicted octanol–water partition coefficient (Wildman–Crippen LogP) is 2.35. The number of aromatic nitrogens is 1. The predicted molar refractivity (Wildman–Crippen MR) is 60.5 cm³/mol. The Morgan fingerprint density at radius 3 is 2.86 bits per heavy atom. The summed E-state index contributed by atoms with van der Waals surface area (Å²) in [4.78, 5) is 4.17. The Kier molecular flexibility index (Phi) is 4.35. The van der Waals surface area contributed by atoms with Gasteiger partial charge in [0.1, 0.15) is 0 Å². The lowest BCUT2D eigenvalue weighted by Crippen LogP contribution is -2.22. The van der Waals surface area contributed by atoms with Crippen LogP contribution in [0.15, 0.2) is 16.7 Å². The molecule has 1 aromatic rings. The number of hydrogen-bond acceptors (Lipinski definition) is 3. The molecule has 78 valence electrons. The van der Waals surface area contributed by atoms with Crippen LogP contribution in [0.25, 0.3) is 0 Å². The summed E-state index contributed by atoms with van der Waals surface area (Å²) < 4.78 is 6.13. The third kappa shape index (κ3) is 3.27. The quantitative estimate of drug-likeness (QED) is 0.901. The first kappa shape index (κ1) is 11.5. The fraction of sp³-hybridized carbons (Fsp3) is 0.500. The third-order valence-corrected chi connectivity index (χ3v) is 2.22. The molecule has 0 amide bonds. The highest BCUT2D eigenvalue weighted by atomic mass is 79.9. The molecule has 1 heterocycles. The van der Waals surface area contributed by atoms with E-state index in [9.17, 15) is 0 Å². The monoisotopic (exact) mass is 258 g/mol. The second kappa shape index (κ2) is 5.32. The third-order valence-electron chi connectivity index (χ3n) is 1.79. The van der Waals surface area contributed by atoms with Gasteiger partial charge in [0.25, 0.3) is 0 Å². The number of methoxy groups -OCH3 is 1. The lowest BCUT2D eigenvalue weighted by molar-refractivity contribution is 0.389. The van der Waals surface area contributed by atoms with Crippen LogP contribution in [-0.2, 0) is 6.54 Å². The number of halogens is 1. The molecule has 14 heavy (non-hydrogen) atoms. The molecule has 0 saturated heterocycles. The molecule has 0 bridgehead atoms. The summed E-state index contributed by atoms with van der Waals surface area (Å²) in [6, 6.07) is 2.47. The van der Waals surface area contributed by atoms with Gasteiger partial charge < -0.3 is 10.1 Å². The summed E-state index contributed by atoms with van der Waals surface area (Å²) in [7, 11) is 1.63. The van der Waals surface area contributed by atoms with Gasteiger partial charge in [0.15, 0.2) is 0 Å². The maximum absolute atomic E-state index is 5.16. The molecule has 0 fully saturated rings. The van der Waals surface area contributed by atoms with Crippen LogP contribution in [-0.4, -0.2) is 18.1 Å². The highest BCUT2D eigenvalue weighted by molar-refractivity contribution is 9.10. The number of hydrogen-bond donors (Lipinski definition) is 1. The maximum atomic E-state index is 5.16. The van der Waals surface area contributed by atoms with E-state index in [1.165, 1.54) is 0 Å². The second-order valence-electron chi connectivity index (χ2n) is 3.36. The zero-order valence-corrected chi connectivity index (χ0v) is 10.3. The number of rotatable bonds is 4. The Balaban J connectivity index is 2.77. The van der Waals surface area contributed by atoms with Crippen LogP contribution >= 0.6 is 15.9 Å². The first-order chi connectivity index (χ1) is 6.63. The summed E-state index contributed by atoms with van der Waals surface area (Å²) in [6.45, 7) is 4.99. The van der Waals surface area contributed by atoms with Crippen molar-refractivity contribution in [3.05, 3.63) is 22.3 Å². The summed E-state index contributed by atoms with van der Waals surface area (Å²) in [5.41, 5.74) is 1.07. The first-order valence-corrected chi connectivity index (χ1v) is 5.34. The van der Waals surface area contributed by atoms with E-state index in [-0.39, 0.29) is 0 Å². The van der Waals surface area contributed by atoms with Crippen LogP contribution in [0.5, 0.6) is 5.88 Å². The smallest absolute Gasteiger partial charge is 0.217 e.